The fraction of sp³-hybridized carbons (Fsp3) is 0.932. The molecule has 0 saturated carbocycles. The lowest BCUT2D eigenvalue weighted by atomic mass is 9.87. The van der Waals surface area contributed by atoms with Crippen molar-refractivity contribution in [3.05, 3.63) is 0 Å². The molecule has 10 rings (SSSR count). The zero-order valence-electron chi connectivity index (χ0n) is 70.0. The molecule has 0 bridgehead atoms. The van der Waals surface area contributed by atoms with Crippen molar-refractivity contribution in [1.82, 2.24) is 21.3 Å². The van der Waals surface area contributed by atoms with Crippen molar-refractivity contribution in [2.45, 2.75) is 354 Å². The quantitative estimate of drug-likeness (QED) is 0.0205. The molecule has 4 amide bonds. The van der Waals surface area contributed by atoms with Gasteiger partial charge in [0.2, 0.25) is 23.6 Å². The molecule has 0 aromatic carbocycles. The van der Waals surface area contributed by atoms with Gasteiger partial charge in [-0.1, -0.05) is 6.92 Å². The number of nitrogens with one attached hydrogen (secondary N) is 4. The van der Waals surface area contributed by atoms with Gasteiger partial charge in [-0.2, -0.15) is 0 Å². The van der Waals surface area contributed by atoms with Gasteiger partial charge in [0.25, 0.3) is 6.47 Å². The number of ether oxygens (including phenoxy) is 20. The first-order chi connectivity index (χ1) is 61.0. The summed E-state index contributed by atoms with van der Waals surface area (Å²) in [6.07, 6.45) is -94.7. The van der Waals surface area contributed by atoms with E-state index in [1.54, 1.807) is 0 Å². The molecule has 129 heavy (non-hydrogen) atoms. The highest BCUT2D eigenvalue weighted by Gasteiger charge is 2.63. The number of hydrogen-bond acceptors (Lipinski definition) is 52. The average Bonchev–Trinajstić information content (AvgIpc) is 0.759. The number of amides is 4. The van der Waals surface area contributed by atoms with Crippen LogP contribution < -0.4 is 21.3 Å². The van der Waals surface area contributed by atoms with E-state index in [0.29, 0.717) is 0 Å². The number of carbonyl (C=O) groups excluding carboxylic acids is 5. The van der Waals surface area contributed by atoms with E-state index < -0.39 is 408 Å². The summed E-state index contributed by atoms with van der Waals surface area (Å²) < 4.78 is 119. The highest BCUT2D eigenvalue weighted by atomic mass is 16.9. The van der Waals surface area contributed by atoms with Gasteiger partial charge in [0.1, 0.15) is 226 Å². The standard InChI is InChI=1S/C73H122N4O52/c1-19-25(92)7-73(111-18-87,128-56(19)40(94)26(93)8-78)129-62-44(98)30(12-82)114-70(55(62)109)124-60-34(16-86)118-66(38(49(60)103)76-23(5)90)126-63-51(105)42(96)28(10-80)115-71(63)110-17-35-45(99)61(54(108)69(120-35)123-59-33(15-85)117-65(37(47(59)101)75-22(4)89)121-57-31(13-83)112-20(2)36(46(57)100)74-21(3)88)125-72-64(52(106)43(97)29(11-81)116-72)127-67-39(77-24(6)91)48(102)58(32(14-84)119-67)122-68-53(107)50(104)41(95)27(9-79)113-68/h18-20,25-72,78-86,92-109H,7-17H2,1-6H3,(H,74,88)(H,75,89)(H,76,90)(H,77,91)/t19-,20+,25?,26-,27?,28?,29-,30?,31?,32?,33?,34?,35?,36?,37?,38?,39?,40-,41+,42-,43-,44+,45-,46-,47-,48-,49?,50+,51+,52?,53?,54?,55?,56?,57-,58-,59-,60-,61+,62+,63?,64?,65+,66+,67+,68+,69+,70+,71+,72-,73+/m1/s1. The van der Waals surface area contributed by atoms with Crippen LogP contribution in [-0.4, -0.2) is 540 Å². The van der Waals surface area contributed by atoms with Crippen molar-refractivity contribution in [3.8, 4) is 0 Å². The Morgan fingerprint density at radius 3 is 1.08 bits per heavy atom. The molecule has 0 aromatic heterocycles. The van der Waals surface area contributed by atoms with Crippen LogP contribution in [0.25, 0.3) is 0 Å². The van der Waals surface area contributed by atoms with Crippen molar-refractivity contribution < 1.29 is 257 Å². The summed E-state index contributed by atoms with van der Waals surface area (Å²) in [6, 6.07) is -7.16. The maximum Gasteiger partial charge on any atom is 0.332 e. The minimum Gasteiger partial charge on any atom is -0.410 e. The van der Waals surface area contributed by atoms with Gasteiger partial charge in [0.05, 0.1) is 96.8 Å². The molecule has 31 N–H and O–H groups in total. The van der Waals surface area contributed by atoms with E-state index in [2.05, 4.69) is 21.3 Å². The second-order valence-corrected chi connectivity index (χ2v) is 32.9. The van der Waals surface area contributed by atoms with Crippen LogP contribution in [-0.2, 0) is 119 Å². The number of aliphatic hydroxyl groups is 27. The van der Waals surface area contributed by atoms with E-state index in [0.717, 1.165) is 27.7 Å². The molecule has 0 radical (unpaired) electrons. The van der Waals surface area contributed by atoms with Crippen molar-refractivity contribution in [1.29, 1.82) is 0 Å². The normalized spacial score (nSPS) is 48.1. The predicted molar refractivity (Wildman–Crippen MR) is 399 cm³/mol. The van der Waals surface area contributed by atoms with Crippen LogP contribution in [0, 0.1) is 5.92 Å². The van der Waals surface area contributed by atoms with Gasteiger partial charge in [0.15, 0.2) is 50.3 Å². The Balaban J connectivity index is 0.967. The van der Waals surface area contributed by atoms with Crippen LogP contribution in [0.5, 0.6) is 0 Å². The monoisotopic (exact) mass is 1890 g/mol. The Morgan fingerprint density at radius 1 is 0.349 bits per heavy atom. The number of rotatable bonds is 36. The molecule has 51 atom stereocenters. The maximum absolute atomic E-state index is 13.2. The number of aliphatic hydroxyl groups excluding tert-OH is 27. The second-order valence-electron chi connectivity index (χ2n) is 32.9. The average molecular weight is 1890 g/mol. The number of hydrogen-bond donors (Lipinski definition) is 31. The van der Waals surface area contributed by atoms with Gasteiger partial charge < -0.3 is 254 Å². The first-order valence-corrected chi connectivity index (χ1v) is 41.4. The smallest absolute Gasteiger partial charge is 0.332 e. The lowest BCUT2D eigenvalue weighted by Gasteiger charge is -2.51. The molecule has 10 heterocycles. The van der Waals surface area contributed by atoms with Gasteiger partial charge in [-0.25, -0.2) is 0 Å². The summed E-state index contributed by atoms with van der Waals surface area (Å²) in [5, 5.41) is 313. The summed E-state index contributed by atoms with van der Waals surface area (Å²) in [5.74, 6) is -7.56. The van der Waals surface area contributed by atoms with Crippen molar-refractivity contribution in [3.63, 3.8) is 0 Å². The molecule has 10 fully saturated rings. The molecule has 0 aliphatic carbocycles. The van der Waals surface area contributed by atoms with Crippen LogP contribution >= 0.6 is 0 Å². The molecule has 56 nitrogen and oxygen atoms in total. The Kier molecular flexibility index (Phi) is 38.5. The molecule has 56 heteroatoms. The van der Waals surface area contributed by atoms with Crippen LogP contribution in [0.1, 0.15) is 48.0 Å². The van der Waals surface area contributed by atoms with Gasteiger partial charge in [0, 0.05) is 33.6 Å². The van der Waals surface area contributed by atoms with Crippen LogP contribution in [0.2, 0.25) is 0 Å². The number of carbonyl (C=O) groups is 5. The molecule has 0 aromatic rings. The fourth-order valence-corrected chi connectivity index (χ4v) is 17.0. The zero-order chi connectivity index (χ0) is 95.1. The third-order valence-corrected chi connectivity index (χ3v) is 24.0. The van der Waals surface area contributed by atoms with Crippen molar-refractivity contribution >= 4 is 30.1 Å². The summed E-state index contributed by atoms with van der Waals surface area (Å²) in [7, 11) is 0. The highest BCUT2D eigenvalue weighted by Crippen LogP contribution is 2.44. The largest absolute Gasteiger partial charge is 0.410 e. The minimum absolute atomic E-state index is 0.254. The molecular weight excluding hydrogens is 1760 g/mol. The molecule has 10 aliphatic heterocycles. The first-order valence-electron chi connectivity index (χ1n) is 41.4. The third-order valence-electron chi connectivity index (χ3n) is 24.0. The van der Waals surface area contributed by atoms with E-state index in [1.165, 1.54) is 13.8 Å². The van der Waals surface area contributed by atoms with Crippen LogP contribution in [0.4, 0.5) is 0 Å². The fourth-order valence-electron chi connectivity index (χ4n) is 17.0. The summed E-state index contributed by atoms with van der Waals surface area (Å²) >= 11 is 0. The molecule has 21 unspecified atom stereocenters. The lowest BCUT2D eigenvalue weighted by Crippen LogP contribution is -2.71. The SMILES string of the molecule is CC(=O)NC1C(O)[C@H](O[C@@H]2OC(CO)[C@H](O)[C@H](O[C@]3(OC=O)CC(O)[C@@H](C)C([C@H](O)[C@H](O)CO)O3)C2O)C(CO)O[C@H]1OC1[C@@H](OCC2O[C@@H](O[C@@H]3C(CO)O[C@@H](O[C@@H]4C(CO)O[C@@H](C)C(NC(C)=O)[C@H]4O)C(NC(C)=O)[C@H]3O)C(O)[C@@H](O[C@H]3O[C@H](CO)[C@@H](O)C(O)C3O[C@@H]3OC(CO)[C@@H](O[C@@H]4OC(CO)[C@H](O)[C@H](O)C4O)[C@H](O)C3NC(C)=O)[C@@H]2O)OC(CO)[C@@H](O)[C@@H]1O. The molecule has 0 spiro atoms. The Labute approximate surface area is 732 Å². The van der Waals surface area contributed by atoms with E-state index in [1.807, 2.05) is 0 Å². The Hall–Kier alpha value is -4.49. The zero-order valence-corrected chi connectivity index (χ0v) is 70.0. The summed E-state index contributed by atoms with van der Waals surface area (Å²) in [5.41, 5.74) is 0. The summed E-state index contributed by atoms with van der Waals surface area (Å²) in [4.78, 5) is 63.8. The van der Waals surface area contributed by atoms with Crippen molar-refractivity contribution in [2.75, 3.05) is 66.1 Å². The van der Waals surface area contributed by atoms with Crippen molar-refractivity contribution in [2.24, 2.45) is 5.92 Å². The first kappa shape index (κ1) is 107. The second kappa shape index (κ2) is 46.6. The van der Waals surface area contributed by atoms with Crippen LogP contribution in [0.15, 0.2) is 0 Å². The van der Waals surface area contributed by atoms with Gasteiger partial charge in [-0.15, -0.1) is 0 Å². The molecule has 746 valence electrons. The van der Waals surface area contributed by atoms with Crippen LogP contribution in [0.3, 0.4) is 0 Å². The molecule has 10 saturated heterocycles. The molecular formula is C73H122N4O52. The van der Waals surface area contributed by atoms with E-state index in [-0.39, 0.29) is 6.47 Å². The van der Waals surface area contributed by atoms with Gasteiger partial charge in [-0.05, 0) is 6.92 Å². The van der Waals surface area contributed by atoms with Gasteiger partial charge >= 0.3 is 5.97 Å². The lowest BCUT2D eigenvalue weighted by molar-refractivity contribution is -0.448. The molecule has 10 aliphatic rings. The predicted octanol–water partition coefficient (Wildman–Crippen LogP) is -20.6. The summed E-state index contributed by atoms with van der Waals surface area (Å²) in [6.45, 7) is -4.83. The third kappa shape index (κ3) is 23.7. The Bertz CT molecular complexity index is 3520. The topological polar surface area (TPSA) is 864 Å². The van der Waals surface area contributed by atoms with Gasteiger partial charge in [-0.3, -0.25) is 24.0 Å². The highest BCUT2D eigenvalue weighted by molar-refractivity contribution is 5.74. The Morgan fingerprint density at radius 2 is 0.667 bits per heavy atom. The maximum atomic E-state index is 13.2. The van der Waals surface area contributed by atoms with E-state index >= 15 is 0 Å². The van der Waals surface area contributed by atoms with E-state index in [4.69, 9.17) is 94.7 Å². The van der Waals surface area contributed by atoms with E-state index in [9.17, 15) is 162 Å². The minimum atomic E-state index is -2.88.